The molecule has 0 N–H and O–H groups in total. The maximum atomic E-state index is 11.5. The average Bonchev–Trinajstić information content (AvgIpc) is 2.46. The number of esters is 2. The standard InChI is InChI=1S/C15H21NO5/c1-6-15(7-16-10-17,8-20-13(18)11(2)3)9-21-14(19)12(4)5/h2,4,6-9H2,1,3,5H3. The van der Waals surface area contributed by atoms with Gasteiger partial charge in [-0.25, -0.2) is 19.4 Å². The van der Waals surface area contributed by atoms with Gasteiger partial charge in [0.2, 0.25) is 6.08 Å². The number of aliphatic imine (C=N–C) groups is 1. The highest BCUT2D eigenvalue weighted by molar-refractivity contribution is 5.87. The Kier molecular flexibility index (Phi) is 7.94. The fraction of sp³-hybridized carbons (Fsp3) is 0.533. The van der Waals surface area contributed by atoms with Gasteiger partial charge in [0, 0.05) is 11.1 Å². The fourth-order valence-corrected chi connectivity index (χ4v) is 1.33. The summed E-state index contributed by atoms with van der Waals surface area (Å²) in [6, 6.07) is 0. The molecule has 0 bridgehead atoms. The van der Waals surface area contributed by atoms with Crippen LogP contribution in [-0.2, 0) is 23.9 Å². The smallest absolute Gasteiger partial charge is 0.333 e. The van der Waals surface area contributed by atoms with Gasteiger partial charge in [-0.2, -0.15) is 0 Å². The lowest BCUT2D eigenvalue weighted by atomic mass is 9.87. The van der Waals surface area contributed by atoms with E-state index >= 15 is 0 Å². The Morgan fingerprint density at radius 1 is 1.10 bits per heavy atom. The van der Waals surface area contributed by atoms with Crippen molar-refractivity contribution in [1.82, 2.24) is 0 Å². The molecular formula is C15H21NO5. The molecule has 0 aromatic heterocycles. The summed E-state index contributed by atoms with van der Waals surface area (Å²) in [6.45, 7) is 11.8. The molecule has 0 aromatic rings. The minimum Gasteiger partial charge on any atom is -0.462 e. The number of rotatable bonds is 9. The second-order valence-electron chi connectivity index (χ2n) is 4.97. The van der Waals surface area contributed by atoms with Crippen LogP contribution in [0.15, 0.2) is 29.3 Å². The van der Waals surface area contributed by atoms with Gasteiger partial charge in [-0.15, -0.1) is 0 Å². The van der Waals surface area contributed by atoms with E-state index in [0.29, 0.717) is 6.42 Å². The summed E-state index contributed by atoms with van der Waals surface area (Å²) >= 11 is 0. The highest BCUT2D eigenvalue weighted by atomic mass is 16.5. The second-order valence-corrected chi connectivity index (χ2v) is 4.97. The molecule has 0 aromatic carbocycles. The number of carbonyl (C=O) groups excluding carboxylic acids is 3. The molecule has 0 heterocycles. The monoisotopic (exact) mass is 295 g/mol. The average molecular weight is 295 g/mol. The number of hydrogen-bond acceptors (Lipinski definition) is 6. The minimum atomic E-state index is -0.770. The van der Waals surface area contributed by atoms with Crippen molar-refractivity contribution in [3.63, 3.8) is 0 Å². The van der Waals surface area contributed by atoms with Gasteiger partial charge in [0.1, 0.15) is 13.2 Å². The van der Waals surface area contributed by atoms with Gasteiger partial charge < -0.3 is 9.47 Å². The van der Waals surface area contributed by atoms with Crippen LogP contribution in [0.1, 0.15) is 27.2 Å². The molecule has 21 heavy (non-hydrogen) atoms. The summed E-state index contributed by atoms with van der Waals surface area (Å²) in [5.74, 6) is -1.09. The SMILES string of the molecule is C=C(C)C(=O)OCC(CC)(CN=C=O)COC(=O)C(=C)C. The zero-order valence-electron chi connectivity index (χ0n) is 12.7. The highest BCUT2D eigenvalue weighted by Gasteiger charge is 2.32. The molecule has 0 fully saturated rings. The van der Waals surface area contributed by atoms with Crippen molar-refractivity contribution in [2.75, 3.05) is 19.8 Å². The van der Waals surface area contributed by atoms with Crippen molar-refractivity contribution in [2.45, 2.75) is 27.2 Å². The van der Waals surface area contributed by atoms with E-state index < -0.39 is 17.4 Å². The van der Waals surface area contributed by atoms with E-state index in [4.69, 9.17) is 9.47 Å². The predicted octanol–water partition coefficient (Wildman–Crippen LogP) is 1.96. The summed E-state index contributed by atoms with van der Waals surface area (Å²) in [6.07, 6.45) is 1.93. The molecule has 0 aliphatic rings. The Morgan fingerprint density at radius 2 is 1.52 bits per heavy atom. The minimum absolute atomic E-state index is 0.0379. The van der Waals surface area contributed by atoms with E-state index in [9.17, 15) is 14.4 Å². The Labute approximate surface area is 124 Å². The molecule has 6 nitrogen and oxygen atoms in total. The largest absolute Gasteiger partial charge is 0.462 e. The third-order valence-corrected chi connectivity index (χ3v) is 2.94. The summed E-state index contributed by atoms with van der Waals surface area (Å²) in [5, 5.41) is 0. The van der Waals surface area contributed by atoms with Crippen molar-refractivity contribution in [3.05, 3.63) is 24.3 Å². The third kappa shape index (κ3) is 6.68. The highest BCUT2D eigenvalue weighted by Crippen LogP contribution is 2.24. The number of nitrogens with zero attached hydrogens (tertiary/aromatic N) is 1. The van der Waals surface area contributed by atoms with Gasteiger partial charge >= 0.3 is 11.9 Å². The predicted molar refractivity (Wildman–Crippen MR) is 77.3 cm³/mol. The molecule has 0 radical (unpaired) electrons. The molecule has 0 aliphatic carbocycles. The van der Waals surface area contributed by atoms with Crippen LogP contribution in [0, 0.1) is 5.41 Å². The van der Waals surface area contributed by atoms with Crippen LogP contribution in [0.25, 0.3) is 0 Å². The van der Waals surface area contributed by atoms with Crippen molar-refractivity contribution in [3.8, 4) is 0 Å². The van der Waals surface area contributed by atoms with Gasteiger partial charge in [0.15, 0.2) is 0 Å². The van der Waals surface area contributed by atoms with Crippen LogP contribution >= 0.6 is 0 Å². The van der Waals surface area contributed by atoms with Crippen molar-refractivity contribution in [2.24, 2.45) is 10.4 Å². The van der Waals surface area contributed by atoms with Gasteiger partial charge in [-0.1, -0.05) is 20.1 Å². The summed E-state index contributed by atoms with van der Waals surface area (Å²) in [4.78, 5) is 36.8. The van der Waals surface area contributed by atoms with E-state index in [-0.39, 0.29) is 30.9 Å². The summed E-state index contributed by atoms with van der Waals surface area (Å²) < 4.78 is 10.2. The number of hydrogen-bond donors (Lipinski definition) is 0. The molecule has 6 heteroatoms. The molecular weight excluding hydrogens is 274 g/mol. The van der Waals surface area contributed by atoms with Crippen molar-refractivity contribution < 1.29 is 23.9 Å². The lowest BCUT2D eigenvalue weighted by Gasteiger charge is -2.29. The van der Waals surface area contributed by atoms with Crippen LogP contribution in [-0.4, -0.2) is 37.8 Å². The molecule has 0 saturated heterocycles. The van der Waals surface area contributed by atoms with Crippen LogP contribution in [0.5, 0.6) is 0 Å². The van der Waals surface area contributed by atoms with Gasteiger partial charge in [0.25, 0.3) is 0 Å². The Morgan fingerprint density at radius 3 is 1.81 bits per heavy atom. The van der Waals surface area contributed by atoms with Crippen molar-refractivity contribution in [1.29, 1.82) is 0 Å². The number of isocyanates is 1. The molecule has 0 spiro atoms. The first kappa shape index (κ1) is 18.8. The number of ether oxygens (including phenoxy) is 2. The summed E-state index contributed by atoms with van der Waals surface area (Å²) in [5.41, 5.74) is -0.246. The quantitative estimate of drug-likeness (QED) is 0.281. The van der Waals surface area contributed by atoms with Gasteiger partial charge in [0.05, 0.1) is 12.0 Å². The molecule has 0 aliphatic heterocycles. The van der Waals surface area contributed by atoms with Crippen LogP contribution < -0.4 is 0 Å². The van der Waals surface area contributed by atoms with E-state index in [1.54, 1.807) is 0 Å². The van der Waals surface area contributed by atoms with E-state index in [0.717, 1.165) is 0 Å². The number of carbonyl (C=O) groups is 2. The normalized spacial score (nSPS) is 10.2. The molecule has 0 saturated carbocycles. The zero-order valence-corrected chi connectivity index (χ0v) is 12.7. The third-order valence-electron chi connectivity index (χ3n) is 2.94. The first-order chi connectivity index (χ1) is 9.78. The lowest BCUT2D eigenvalue weighted by Crippen LogP contribution is -2.37. The van der Waals surface area contributed by atoms with E-state index in [1.807, 2.05) is 6.92 Å². The molecule has 0 rings (SSSR count). The van der Waals surface area contributed by atoms with Gasteiger partial charge in [-0.05, 0) is 20.3 Å². The van der Waals surface area contributed by atoms with E-state index in [2.05, 4.69) is 18.2 Å². The van der Waals surface area contributed by atoms with Gasteiger partial charge in [-0.3, -0.25) is 0 Å². The maximum absolute atomic E-state index is 11.5. The molecule has 0 atom stereocenters. The topological polar surface area (TPSA) is 82.0 Å². The lowest BCUT2D eigenvalue weighted by molar-refractivity contribution is -0.149. The van der Waals surface area contributed by atoms with Crippen molar-refractivity contribution >= 4 is 18.0 Å². The first-order valence-electron chi connectivity index (χ1n) is 6.47. The molecule has 0 unspecified atom stereocenters. The fourth-order valence-electron chi connectivity index (χ4n) is 1.33. The van der Waals surface area contributed by atoms with Crippen LogP contribution in [0.3, 0.4) is 0 Å². The summed E-state index contributed by atoms with van der Waals surface area (Å²) in [7, 11) is 0. The van der Waals surface area contributed by atoms with E-state index in [1.165, 1.54) is 19.9 Å². The molecule has 0 amide bonds. The Balaban J connectivity index is 4.93. The first-order valence-corrected chi connectivity index (χ1v) is 6.47. The van der Waals surface area contributed by atoms with Crippen LogP contribution in [0.2, 0.25) is 0 Å². The Hall–Kier alpha value is -2.20. The maximum Gasteiger partial charge on any atom is 0.333 e. The Bertz CT molecular complexity index is 444. The molecule has 116 valence electrons. The zero-order chi connectivity index (χ0) is 16.5. The second kappa shape index (κ2) is 8.87. The van der Waals surface area contributed by atoms with Crippen LogP contribution in [0.4, 0.5) is 0 Å².